The fourth-order valence-corrected chi connectivity index (χ4v) is 3.27. The SMILES string of the molecule is CC(C)CCSCc1ccc(C(=O)O)s1. The molecule has 15 heavy (non-hydrogen) atoms. The topological polar surface area (TPSA) is 37.3 Å². The van der Waals surface area contributed by atoms with Crippen LogP contribution in [0.3, 0.4) is 0 Å². The van der Waals surface area contributed by atoms with Gasteiger partial charge in [0.25, 0.3) is 0 Å². The minimum absolute atomic E-state index is 0.439. The van der Waals surface area contributed by atoms with Gasteiger partial charge in [-0.25, -0.2) is 4.79 Å². The predicted octanol–water partition coefficient (Wildman–Crippen LogP) is 3.73. The van der Waals surface area contributed by atoms with Crippen molar-refractivity contribution in [3.63, 3.8) is 0 Å². The summed E-state index contributed by atoms with van der Waals surface area (Å²) < 4.78 is 0. The molecular weight excluding hydrogens is 228 g/mol. The van der Waals surface area contributed by atoms with Gasteiger partial charge in [0.2, 0.25) is 0 Å². The van der Waals surface area contributed by atoms with E-state index >= 15 is 0 Å². The summed E-state index contributed by atoms with van der Waals surface area (Å²) in [5.41, 5.74) is 0. The molecule has 1 aromatic heterocycles. The molecule has 0 atom stereocenters. The third-order valence-corrected chi connectivity index (χ3v) is 4.25. The minimum atomic E-state index is -0.821. The summed E-state index contributed by atoms with van der Waals surface area (Å²) in [5.74, 6) is 2.01. The lowest BCUT2D eigenvalue weighted by atomic mass is 10.2. The normalized spacial score (nSPS) is 10.9. The molecule has 1 rings (SSSR count). The summed E-state index contributed by atoms with van der Waals surface area (Å²) in [4.78, 5) is 12.2. The summed E-state index contributed by atoms with van der Waals surface area (Å²) >= 11 is 3.26. The molecular formula is C11H16O2S2. The van der Waals surface area contributed by atoms with Gasteiger partial charge in [0.05, 0.1) is 0 Å². The summed E-state index contributed by atoms with van der Waals surface area (Å²) in [6.07, 6.45) is 1.22. The summed E-state index contributed by atoms with van der Waals surface area (Å²) in [5, 5.41) is 8.75. The van der Waals surface area contributed by atoms with Crippen molar-refractivity contribution in [3.8, 4) is 0 Å². The fraction of sp³-hybridized carbons (Fsp3) is 0.545. The number of hydrogen-bond acceptors (Lipinski definition) is 3. The molecule has 0 aliphatic rings. The van der Waals surface area contributed by atoms with Gasteiger partial charge in [-0.3, -0.25) is 0 Å². The second-order valence-corrected chi connectivity index (χ2v) is 6.08. The first-order valence-corrected chi connectivity index (χ1v) is 6.96. The first kappa shape index (κ1) is 12.6. The van der Waals surface area contributed by atoms with Gasteiger partial charge in [-0.15, -0.1) is 11.3 Å². The Bertz CT molecular complexity index is 318. The average molecular weight is 244 g/mol. The van der Waals surface area contributed by atoms with E-state index in [9.17, 15) is 4.79 Å². The Balaban J connectivity index is 2.29. The van der Waals surface area contributed by atoms with Gasteiger partial charge in [0.1, 0.15) is 4.88 Å². The minimum Gasteiger partial charge on any atom is -0.477 e. The largest absolute Gasteiger partial charge is 0.477 e. The Morgan fingerprint density at radius 2 is 2.27 bits per heavy atom. The molecule has 0 radical (unpaired) electrons. The van der Waals surface area contributed by atoms with Crippen molar-refractivity contribution < 1.29 is 9.90 Å². The zero-order valence-corrected chi connectivity index (χ0v) is 10.7. The van der Waals surface area contributed by atoms with E-state index in [2.05, 4.69) is 13.8 Å². The highest BCUT2D eigenvalue weighted by Gasteiger charge is 2.06. The van der Waals surface area contributed by atoms with Crippen molar-refractivity contribution in [3.05, 3.63) is 21.9 Å². The van der Waals surface area contributed by atoms with E-state index in [4.69, 9.17) is 5.11 Å². The number of carboxylic acid groups (broad SMARTS) is 1. The number of thiophene rings is 1. The number of carboxylic acids is 1. The Morgan fingerprint density at radius 1 is 1.53 bits per heavy atom. The molecule has 0 amide bonds. The zero-order chi connectivity index (χ0) is 11.3. The lowest BCUT2D eigenvalue weighted by molar-refractivity contribution is 0.0702. The zero-order valence-electron chi connectivity index (χ0n) is 9.03. The van der Waals surface area contributed by atoms with E-state index in [1.54, 1.807) is 6.07 Å². The Kier molecular flexibility index (Phi) is 5.19. The van der Waals surface area contributed by atoms with E-state index in [0.717, 1.165) is 22.3 Å². The van der Waals surface area contributed by atoms with Crippen LogP contribution in [0.2, 0.25) is 0 Å². The highest BCUT2D eigenvalue weighted by atomic mass is 32.2. The van der Waals surface area contributed by atoms with Crippen LogP contribution in [-0.4, -0.2) is 16.8 Å². The number of carbonyl (C=O) groups is 1. The van der Waals surface area contributed by atoms with Gasteiger partial charge in [-0.2, -0.15) is 11.8 Å². The maximum Gasteiger partial charge on any atom is 0.345 e. The predicted molar refractivity (Wildman–Crippen MR) is 66.9 cm³/mol. The third-order valence-electron chi connectivity index (χ3n) is 1.96. The van der Waals surface area contributed by atoms with Gasteiger partial charge in [0, 0.05) is 10.6 Å². The molecule has 0 spiro atoms. The Labute approximate surface area is 98.7 Å². The van der Waals surface area contributed by atoms with E-state index in [1.807, 2.05) is 17.8 Å². The van der Waals surface area contributed by atoms with Crippen LogP contribution < -0.4 is 0 Å². The van der Waals surface area contributed by atoms with Crippen LogP contribution in [0.15, 0.2) is 12.1 Å². The molecule has 0 aliphatic heterocycles. The summed E-state index contributed by atoms with van der Waals surface area (Å²) in [6, 6.07) is 3.60. The van der Waals surface area contributed by atoms with Crippen LogP contribution in [0.5, 0.6) is 0 Å². The maximum atomic E-state index is 10.6. The second-order valence-electron chi connectivity index (χ2n) is 3.81. The van der Waals surface area contributed by atoms with E-state index in [0.29, 0.717) is 4.88 Å². The van der Waals surface area contributed by atoms with Crippen LogP contribution in [-0.2, 0) is 5.75 Å². The fourth-order valence-electron chi connectivity index (χ4n) is 1.06. The molecule has 1 N–H and O–H groups in total. The highest BCUT2D eigenvalue weighted by molar-refractivity contribution is 7.98. The van der Waals surface area contributed by atoms with Crippen LogP contribution in [0.4, 0.5) is 0 Å². The number of hydrogen-bond donors (Lipinski definition) is 1. The third kappa shape index (κ3) is 4.71. The quantitative estimate of drug-likeness (QED) is 0.775. The maximum absolute atomic E-state index is 10.6. The van der Waals surface area contributed by atoms with Gasteiger partial charge in [-0.05, 0) is 30.2 Å². The molecule has 0 aromatic carbocycles. The molecule has 0 aliphatic carbocycles. The average Bonchev–Trinajstić information content (AvgIpc) is 2.60. The summed E-state index contributed by atoms with van der Waals surface area (Å²) in [6.45, 7) is 4.43. The van der Waals surface area contributed by atoms with Gasteiger partial charge < -0.3 is 5.11 Å². The monoisotopic (exact) mass is 244 g/mol. The van der Waals surface area contributed by atoms with Crippen LogP contribution in [0, 0.1) is 5.92 Å². The van der Waals surface area contributed by atoms with Crippen molar-refractivity contribution in [2.75, 3.05) is 5.75 Å². The van der Waals surface area contributed by atoms with Gasteiger partial charge in [-0.1, -0.05) is 13.8 Å². The van der Waals surface area contributed by atoms with Crippen molar-refractivity contribution in [2.24, 2.45) is 5.92 Å². The highest BCUT2D eigenvalue weighted by Crippen LogP contribution is 2.22. The molecule has 4 heteroatoms. The Hall–Kier alpha value is -0.480. The van der Waals surface area contributed by atoms with Gasteiger partial charge >= 0.3 is 5.97 Å². The molecule has 0 bridgehead atoms. The molecule has 0 saturated heterocycles. The molecule has 2 nitrogen and oxygen atoms in total. The van der Waals surface area contributed by atoms with Crippen LogP contribution in [0.1, 0.15) is 34.8 Å². The molecule has 1 heterocycles. The van der Waals surface area contributed by atoms with E-state index in [-0.39, 0.29) is 0 Å². The number of rotatable bonds is 6. The first-order valence-electron chi connectivity index (χ1n) is 4.99. The molecule has 84 valence electrons. The van der Waals surface area contributed by atoms with E-state index < -0.39 is 5.97 Å². The molecule has 0 unspecified atom stereocenters. The first-order chi connectivity index (χ1) is 7.09. The molecule has 0 saturated carbocycles. The smallest absolute Gasteiger partial charge is 0.345 e. The van der Waals surface area contributed by atoms with Crippen molar-refractivity contribution in [1.82, 2.24) is 0 Å². The lowest BCUT2D eigenvalue weighted by Gasteiger charge is -2.02. The summed E-state index contributed by atoms with van der Waals surface area (Å²) in [7, 11) is 0. The lowest BCUT2D eigenvalue weighted by Crippen LogP contribution is -1.90. The van der Waals surface area contributed by atoms with Crippen molar-refractivity contribution >= 4 is 29.1 Å². The van der Waals surface area contributed by atoms with Crippen molar-refractivity contribution in [2.45, 2.75) is 26.0 Å². The molecule has 1 aromatic rings. The van der Waals surface area contributed by atoms with E-state index in [1.165, 1.54) is 17.8 Å². The van der Waals surface area contributed by atoms with Crippen LogP contribution >= 0.6 is 23.1 Å². The van der Waals surface area contributed by atoms with Crippen LogP contribution in [0.25, 0.3) is 0 Å². The van der Waals surface area contributed by atoms with Gasteiger partial charge in [0.15, 0.2) is 0 Å². The Morgan fingerprint density at radius 3 is 2.80 bits per heavy atom. The standard InChI is InChI=1S/C11H16O2S2/c1-8(2)5-6-14-7-9-3-4-10(15-9)11(12)13/h3-4,8H,5-7H2,1-2H3,(H,12,13). The molecule has 0 fully saturated rings. The number of thioether (sulfide) groups is 1. The number of aromatic carboxylic acids is 1. The van der Waals surface area contributed by atoms with Crippen molar-refractivity contribution in [1.29, 1.82) is 0 Å². The second kappa shape index (κ2) is 6.18.